The van der Waals surface area contributed by atoms with Gasteiger partial charge in [0.1, 0.15) is 0 Å². The lowest BCUT2D eigenvalue weighted by molar-refractivity contribution is 0.102. The van der Waals surface area contributed by atoms with Crippen LogP contribution in [-0.4, -0.2) is 16.1 Å². The van der Waals surface area contributed by atoms with Gasteiger partial charge in [-0.2, -0.15) is 5.10 Å². The first-order valence-corrected chi connectivity index (χ1v) is 5.63. The molecule has 4 nitrogen and oxygen atoms in total. The number of fused-ring (bicyclic) bond motifs is 1. The molecule has 0 aliphatic rings. The Balaban J connectivity index is 1.93. The summed E-state index contributed by atoms with van der Waals surface area (Å²) < 4.78 is 0. The highest BCUT2D eigenvalue weighted by molar-refractivity contribution is 6.08. The molecular formula is C14H11N3O. The maximum Gasteiger partial charge on any atom is 0.255 e. The number of aromatic amines is 1. The largest absolute Gasteiger partial charge is 0.320 e. The van der Waals surface area contributed by atoms with Crippen molar-refractivity contribution in [2.24, 2.45) is 0 Å². The summed E-state index contributed by atoms with van der Waals surface area (Å²) in [7, 11) is 0. The molecule has 0 saturated carbocycles. The van der Waals surface area contributed by atoms with Crippen LogP contribution in [-0.2, 0) is 0 Å². The van der Waals surface area contributed by atoms with Crippen molar-refractivity contribution >= 4 is 22.5 Å². The van der Waals surface area contributed by atoms with Crippen molar-refractivity contribution in [3.05, 3.63) is 60.3 Å². The predicted molar refractivity (Wildman–Crippen MR) is 70.5 cm³/mol. The molecule has 0 aliphatic carbocycles. The van der Waals surface area contributed by atoms with Crippen molar-refractivity contribution in [2.45, 2.75) is 0 Å². The number of nitrogens with zero attached hydrogens (tertiary/aromatic N) is 1. The minimum atomic E-state index is -0.127. The van der Waals surface area contributed by atoms with Crippen molar-refractivity contribution in [3.8, 4) is 0 Å². The van der Waals surface area contributed by atoms with Crippen LogP contribution < -0.4 is 5.32 Å². The molecule has 0 saturated heterocycles. The summed E-state index contributed by atoms with van der Waals surface area (Å²) in [6.45, 7) is 0. The highest BCUT2D eigenvalue weighted by Crippen LogP contribution is 2.20. The van der Waals surface area contributed by atoms with Crippen LogP contribution in [0.5, 0.6) is 0 Å². The summed E-state index contributed by atoms with van der Waals surface area (Å²) in [5.41, 5.74) is 2.20. The summed E-state index contributed by atoms with van der Waals surface area (Å²) in [5, 5.41) is 10.7. The Labute approximate surface area is 104 Å². The molecule has 0 bridgehead atoms. The zero-order valence-corrected chi connectivity index (χ0v) is 9.55. The average Bonchev–Trinajstić information content (AvgIpc) is 2.89. The van der Waals surface area contributed by atoms with Gasteiger partial charge in [0.2, 0.25) is 0 Å². The first kappa shape index (κ1) is 10.5. The van der Waals surface area contributed by atoms with Gasteiger partial charge in [0.05, 0.1) is 17.4 Å². The molecule has 0 atom stereocenters. The number of carbonyl (C=O) groups is 1. The SMILES string of the molecule is O=C(Nc1cccc2cn[nH]c12)c1ccccc1. The topological polar surface area (TPSA) is 57.8 Å². The van der Waals surface area contributed by atoms with E-state index >= 15 is 0 Å². The highest BCUT2D eigenvalue weighted by atomic mass is 16.1. The van der Waals surface area contributed by atoms with E-state index in [1.165, 1.54) is 0 Å². The van der Waals surface area contributed by atoms with Gasteiger partial charge in [-0.25, -0.2) is 0 Å². The van der Waals surface area contributed by atoms with Crippen molar-refractivity contribution in [1.82, 2.24) is 10.2 Å². The van der Waals surface area contributed by atoms with Gasteiger partial charge in [0, 0.05) is 10.9 Å². The van der Waals surface area contributed by atoms with Crippen molar-refractivity contribution < 1.29 is 4.79 Å². The number of hydrogen-bond donors (Lipinski definition) is 2. The molecule has 0 spiro atoms. The molecule has 0 unspecified atom stereocenters. The smallest absolute Gasteiger partial charge is 0.255 e. The molecule has 1 amide bonds. The Morgan fingerprint density at radius 1 is 1.06 bits per heavy atom. The van der Waals surface area contributed by atoms with Crippen LogP contribution in [0.4, 0.5) is 5.69 Å². The third-order valence-corrected chi connectivity index (χ3v) is 2.76. The van der Waals surface area contributed by atoms with Gasteiger partial charge in [0.15, 0.2) is 0 Å². The first-order valence-electron chi connectivity index (χ1n) is 5.63. The maximum atomic E-state index is 12.0. The predicted octanol–water partition coefficient (Wildman–Crippen LogP) is 2.82. The third kappa shape index (κ3) is 1.84. The lowest BCUT2D eigenvalue weighted by atomic mass is 10.2. The molecule has 3 aromatic rings. The van der Waals surface area contributed by atoms with E-state index < -0.39 is 0 Å². The number of rotatable bonds is 2. The third-order valence-electron chi connectivity index (χ3n) is 2.76. The first-order chi connectivity index (χ1) is 8.84. The minimum Gasteiger partial charge on any atom is -0.320 e. The molecule has 0 fully saturated rings. The fourth-order valence-corrected chi connectivity index (χ4v) is 1.86. The number of benzene rings is 2. The molecule has 3 rings (SSSR count). The highest BCUT2D eigenvalue weighted by Gasteiger charge is 2.08. The maximum absolute atomic E-state index is 12.0. The van der Waals surface area contributed by atoms with Gasteiger partial charge in [-0.1, -0.05) is 30.3 Å². The van der Waals surface area contributed by atoms with Gasteiger partial charge in [-0.15, -0.1) is 0 Å². The Morgan fingerprint density at radius 3 is 2.72 bits per heavy atom. The quantitative estimate of drug-likeness (QED) is 0.720. The van der Waals surface area contributed by atoms with E-state index in [9.17, 15) is 4.79 Å². The Bertz CT molecular complexity index is 688. The number of H-pyrrole nitrogens is 1. The molecule has 88 valence electrons. The Kier molecular flexibility index (Phi) is 2.53. The monoisotopic (exact) mass is 237 g/mol. The molecule has 18 heavy (non-hydrogen) atoms. The molecule has 0 radical (unpaired) electrons. The van der Waals surface area contributed by atoms with E-state index in [-0.39, 0.29) is 5.91 Å². The molecule has 0 aliphatic heterocycles. The van der Waals surface area contributed by atoms with Gasteiger partial charge >= 0.3 is 0 Å². The Morgan fingerprint density at radius 2 is 1.89 bits per heavy atom. The number of amides is 1. The van der Waals surface area contributed by atoms with Crippen LogP contribution >= 0.6 is 0 Å². The molecule has 4 heteroatoms. The zero-order valence-electron chi connectivity index (χ0n) is 9.55. The minimum absolute atomic E-state index is 0.127. The van der Waals surface area contributed by atoms with Gasteiger partial charge in [-0.3, -0.25) is 9.89 Å². The van der Waals surface area contributed by atoms with Gasteiger partial charge in [-0.05, 0) is 18.2 Å². The van der Waals surface area contributed by atoms with E-state index in [4.69, 9.17) is 0 Å². The summed E-state index contributed by atoms with van der Waals surface area (Å²) in [6, 6.07) is 14.8. The van der Waals surface area contributed by atoms with Crippen LogP contribution in [0.25, 0.3) is 10.9 Å². The lowest BCUT2D eigenvalue weighted by Crippen LogP contribution is -2.11. The van der Waals surface area contributed by atoms with E-state index in [2.05, 4.69) is 15.5 Å². The van der Waals surface area contributed by atoms with Crippen molar-refractivity contribution in [1.29, 1.82) is 0 Å². The number of carbonyl (C=O) groups excluding carboxylic acids is 1. The number of nitrogens with one attached hydrogen (secondary N) is 2. The van der Waals surface area contributed by atoms with E-state index in [1.807, 2.05) is 36.4 Å². The van der Waals surface area contributed by atoms with Gasteiger partial charge < -0.3 is 5.32 Å². The van der Waals surface area contributed by atoms with Crippen LogP contribution in [0.15, 0.2) is 54.7 Å². The second-order valence-electron chi connectivity index (χ2n) is 3.96. The van der Waals surface area contributed by atoms with Crippen LogP contribution in [0.2, 0.25) is 0 Å². The van der Waals surface area contributed by atoms with Crippen molar-refractivity contribution in [2.75, 3.05) is 5.32 Å². The number of anilines is 1. The van der Waals surface area contributed by atoms with E-state index in [0.717, 1.165) is 16.6 Å². The number of aromatic nitrogens is 2. The molecule has 2 N–H and O–H groups in total. The average molecular weight is 237 g/mol. The van der Waals surface area contributed by atoms with E-state index in [0.29, 0.717) is 5.56 Å². The lowest BCUT2D eigenvalue weighted by Gasteiger charge is -2.05. The molecule has 2 aromatic carbocycles. The normalized spacial score (nSPS) is 10.4. The van der Waals surface area contributed by atoms with Crippen LogP contribution in [0.1, 0.15) is 10.4 Å². The van der Waals surface area contributed by atoms with Crippen molar-refractivity contribution in [3.63, 3.8) is 0 Å². The summed E-state index contributed by atoms with van der Waals surface area (Å²) >= 11 is 0. The Hall–Kier alpha value is -2.62. The number of hydrogen-bond acceptors (Lipinski definition) is 2. The number of para-hydroxylation sites is 1. The second kappa shape index (κ2) is 4.33. The second-order valence-corrected chi connectivity index (χ2v) is 3.96. The summed E-state index contributed by atoms with van der Waals surface area (Å²) in [4.78, 5) is 12.0. The summed E-state index contributed by atoms with van der Waals surface area (Å²) in [5.74, 6) is -0.127. The zero-order chi connectivity index (χ0) is 12.4. The van der Waals surface area contributed by atoms with Gasteiger partial charge in [0.25, 0.3) is 5.91 Å². The molecular weight excluding hydrogens is 226 g/mol. The summed E-state index contributed by atoms with van der Waals surface area (Å²) in [6.07, 6.45) is 1.73. The van der Waals surface area contributed by atoms with E-state index in [1.54, 1.807) is 18.3 Å². The standard InChI is InChI=1S/C14H11N3O/c18-14(10-5-2-1-3-6-10)16-12-8-4-7-11-9-15-17-13(11)12/h1-9H,(H,15,17)(H,16,18). The molecule has 1 aromatic heterocycles. The fraction of sp³-hybridized carbons (Fsp3) is 0. The van der Waals surface area contributed by atoms with Crippen LogP contribution in [0.3, 0.4) is 0 Å². The molecule has 1 heterocycles. The van der Waals surface area contributed by atoms with Crippen LogP contribution in [0, 0.1) is 0 Å². The fourth-order valence-electron chi connectivity index (χ4n) is 1.86.